The molecule has 2 aromatic carbocycles. The van der Waals surface area contributed by atoms with Gasteiger partial charge < -0.3 is 5.32 Å². The van der Waals surface area contributed by atoms with Crippen LogP contribution in [0.5, 0.6) is 0 Å². The van der Waals surface area contributed by atoms with Crippen molar-refractivity contribution in [1.82, 2.24) is 15.4 Å². The van der Waals surface area contributed by atoms with Gasteiger partial charge in [0.25, 0.3) is 5.91 Å². The third-order valence-electron chi connectivity index (χ3n) is 3.62. The lowest BCUT2D eigenvalue weighted by Gasteiger charge is -2.11. The number of nitro groups is 1. The summed E-state index contributed by atoms with van der Waals surface area (Å²) in [6.45, 7) is 1.91. The van der Waals surface area contributed by atoms with E-state index in [2.05, 4.69) is 26.1 Å². The quantitative estimate of drug-likeness (QED) is 0.453. The minimum atomic E-state index is -0.616. The van der Waals surface area contributed by atoms with Gasteiger partial charge >= 0.3 is 5.69 Å². The fourth-order valence-corrected chi connectivity index (χ4v) is 2.37. The lowest BCUT2D eigenvalue weighted by molar-refractivity contribution is -0.383. The maximum Gasteiger partial charge on any atom is 0.355 e. The number of nitrogens with zero attached hydrogens (tertiary/aromatic N) is 3. The van der Waals surface area contributed by atoms with Crippen LogP contribution in [0, 0.1) is 17.0 Å². The van der Waals surface area contributed by atoms with Gasteiger partial charge in [-0.15, -0.1) is 0 Å². The SMILES string of the molecule is Cc1cccc(Nc2ncnc(NNC(=O)c3ccccc3)c2[N+](=O)[O-])c1. The number of rotatable bonds is 6. The summed E-state index contributed by atoms with van der Waals surface area (Å²) in [5.74, 6) is -0.566. The van der Waals surface area contributed by atoms with E-state index in [-0.39, 0.29) is 17.3 Å². The van der Waals surface area contributed by atoms with Gasteiger partial charge in [0.1, 0.15) is 6.33 Å². The molecule has 1 aromatic heterocycles. The molecule has 0 unspecified atom stereocenters. The predicted octanol–water partition coefficient (Wildman–Crippen LogP) is 3.19. The summed E-state index contributed by atoms with van der Waals surface area (Å²) in [6.07, 6.45) is 1.17. The van der Waals surface area contributed by atoms with E-state index < -0.39 is 10.8 Å². The number of aryl methyl sites for hydroxylation is 1. The Morgan fingerprint density at radius 2 is 1.78 bits per heavy atom. The Kier molecular flexibility index (Phi) is 5.22. The second kappa shape index (κ2) is 7.91. The fraction of sp³-hybridized carbons (Fsp3) is 0.0556. The third kappa shape index (κ3) is 4.34. The van der Waals surface area contributed by atoms with Crippen LogP contribution in [0.15, 0.2) is 60.9 Å². The number of aromatic nitrogens is 2. The molecule has 3 aromatic rings. The molecule has 27 heavy (non-hydrogen) atoms. The largest absolute Gasteiger partial charge is 0.355 e. The van der Waals surface area contributed by atoms with Gasteiger partial charge in [-0.1, -0.05) is 30.3 Å². The number of anilines is 3. The monoisotopic (exact) mass is 364 g/mol. The Hall–Kier alpha value is -4.01. The lowest BCUT2D eigenvalue weighted by Crippen LogP contribution is -2.30. The van der Waals surface area contributed by atoms with Gasteiger partial charge in [0.15, 0.2) is 0 Å². The number of carbonyl (C=O) groups is 1. The molecular formula is C18H16N6O3. The summed E-state index contributed by atoms with van der Waals surface area (Å²) in [4.78, 5) is 30.9. The summed E-state index contributed by atoms with van der Waals surface area (Å²) < 4.78 is 0. The molecule has 0 atom stereocenters. The number of hydrogen-bond acceptors (Lipinski definition) is 7. The van der Waals surface area contributed by atoms with Crippen LogP contribution in [-0.2, 0) is 0 Å². The van der Waals surface area contributed by atoms with Crippen LogP contribution in [0.2, 0.25) is 0 Å². The first-order valence-electron chi connectivity index (χ1n) is 7.99. The Morgan fingerprint density at radius 1 is 1.04 bits per heavy atom. The summed E-state index contributed by atoms with van der Waals surface area (Å²) in [7, 11) is 0. The summed E-state index contributed by atoms with van der Waals surface area (Å²) in [5, 5.41) is 14.5. The molecule has 1 heterocycles. The van der Waals surface area contributed by atoms with Gasteiger partial charge in [0.2, 0.25) is 11.6 Å². The molecule has 0 fully saturated rings. The maximum absolute atomic E-state index is 12.1. The molecule has 0 bridgehead atoms. The highest BCUT2D eigenvalue weighted by Crippen LogP contribution is 2.30. The second-order valence-corrected chi connectivity index (χ2v) is 5.62. The van der Waals surface area contributed by atoms with Gasteiger partial charge in [-0.05, 0) is 36.8 Å². The minimum Gasteiger partial charge on any atom is -0.334 e. The average molecular weight is 364 g/mol. The number of hydrazine groups is 1. The first kappa shape index (κ1) is 17.8. The van der Waals surface area contributed by atoms with E-state index >= 15 is 0 Å². The van der Waals surface area contributed by atoms with Gasteiger partial charge in [0, 0.05) is 11.3 Å². The van der Waals surface area contributed by atoms with Crippen molar-refractivity contribution in [1.29, 1.82) is 0 Å². The molecule has 0 saturated heterocycles. The zero-order valence-electron chi connectivity index (χ0n) is 14.3. The van der Waals surface area contributed by atoms with Gasteiger partial charge in [-0.3, -0.25) is 25.8 Å². The third-order valence-corrected chi connectivity index (χ3v) is 3.62. The smallest absolute Gasteiger partial charge is 0.334 e. The zero-order valence-corrected chi connectivity index (χ0v) is 14.3. The van der Waals surface area contributed by atoms with Crippen LogP contribution < -0.4 is 16.2 Å². The molecule has 136 valence electrons. The predicted molar refractivity (Wildman–Crippen MR) is 101 cm³/mol. The van der Waals surface area contributed by atoms with Crippen LogP contribution in [-0.4, -0.2) is 20.8 Å². The van der Waals surface area contributed by atoms with Crippen molar-refractivity contribution in [2.75, 3.05) is 10.7 Å². The van der Waals surface area contributed by atoms with E-state index in [9.17, 15) is 14.9 Å². The molecule has 9 heteroatoms. The fourth-order valence-electron chi connectivity index (χ4n) is 2.37. The Morgan fingerprint density at radius 3 is 2.48 bits per heavy atom. The van der Waals surface area contributed by atoms with Gasteiger partial charge in [-0.25, -0.2) is 9.97 Å². The van der Waals surface area contributed by atoms with Crippen LogP contribution in [0.3, 0.4) is 0 Å². The molecule has 0 saturated carbocycles. The van der Waals surface area contributed by atoms with Crippen molar-refractivity contribution >= 4 is 28.9 Å². The van der Waals surface area contributed by atoms with Crippen LogP contribution >= 0.6 is 0 Å². The normalized spacial score (nSPS) is 10.1. The molecule has 0 aliphatic carbocycles. The van der Waals surface area contributed by atoms with E-state index in [1.54, 1.807) is 36.4 Å². The highest BCUT2D eigenvalue weighted by atomic mass is 16.6. The van der Waals surface area contributed by atoms with Crippen molar-refractivity contribution < 1.29 is 9.72 Å². The highest BCUT2D eigenvalue weighted by Gasteiger charge is 2.23. The number of hydrogen-bond donors (Lipinski definition) is 3. The van der Waals surface area contributed by atoms with Crippen molar-refractivity contribution in [3.8, 4) is 0 Å². The number of benzene rings is 2. The minimum absolute atomic E-state index is 0.0112. The van der Waals surface area contributed by atoms with Crippen molar-refractivity contribution in [3.63, 3.8) is 0 Å². The average Bonchev–Trinajstić information content (AvgIpc) is 2.66. The van der Waals surface area contributed by atoms with Gasteiger partial charge in [-0.2, -0.15) is 0 Å². The van der Waals surface area contributed by atoms with E-state index in [0.717, 1.165) is 5.56 Å². The summed E-state index contributed by atoms with van der Waals surface area (Å²) in [6, 6.07) is 15.8. The molecular weight excluding hydrogens is 348 g/mol. The molecule has 0 spiro atoms. The molecule has 1 amide bonds. The topological polar surface area (TPSA) is 122 Å². The number of nitrogens with one attached hydrogen (secondary N) is 3. The lowest BCUT2D eigenvalue weighted by atomic mass is 10.2. The Labute approximate surface area is 154 Å². The number of carbonyl (C=O) groups excluding carboxylic acids is 1. The molecule has 0 radical (unpaired) electrons. The second-order valence-electron chi connectivity index (χ2n) is 5.62. The molecule has 0 aliphatic rings. The maximum atomic E-state index is 12.1. The molecule has 0 aliphatic heterocycles. The van der Waals surface area contributed by atoms with Crippen molar-refractivity contribution in [2.45, 2.75) is 6.92 Å². The zero-order chi connectivity index (χ0) is 19.2. The van der Waals surface area contributed by atoms with Crippen molar-refractivity contribution in [2.24, 2.45) is 0 Å². The summed E-state index contributed by atoms with van der Waals surface area (Å²) >= 11 is 0. The van der Waals surface area contributed by atoms with Crippen LogP contribution in [0.4, 0.5) is 23.0 Å². The van der Waals surface area contributed by atoms with Crippen LogP contribution in [0.1, 0.15) is 15.9 Å². The van der Waals surface area contributed by atoms with E-state index in [0.29, 0.717) is 11.3 Å². The standard InChI is InChI=1S/C18H16N6O3/c1-12-6-5-9-14(10-12)21-16-15(24(26)27)17(20-11-19-16)22-23-18(25)13-7-3-2-4-8-13/h2-11H,1H3,(H,23,25)(H2,19,20,21,22). The first-order valence-corrected chi connectivity index (χ1v) is 7.99. The van der Waals surface area contributed by atoms with Crippen molar-refractivity contribution in [3.05, 3.63) is 82.2 Å². The molecule has 9 nitrogen and oxygen atoms in total. The Bertz CT molecular complexity index is 978. The molecule has 3 N–H and O–H groups in total. The number of amides is 1. The van der Waals surface area contributed by atoms with E-state index in [1.165, 1.54) is 6.33 Å². The van der Waals surface area contributed by atoms with Gasteiger partial charge in [0.05, 0.1) is 4.92 Å². The van der Waals surface area contributed by atoms with Crippen LogP contribution in [0.25, 0.3) is 0 Å². The van der Waals surface area contributed by atoms with E-state index in [4.69, 9.17) is 0 Å². The molecule has 3 rings (SSSR count). The first-order chi connectivity index (χ1) is 13.0. The Balaban J connectivity index is 1.83. The summed E-state index contributed by atoms with van der Waals surface area (Å²) in [5.41, 5.74) is 6.56. The van der Waals surface area contributed by atoms with E-state index in [1.807, 2.05) is 25.1 Å². The highest BCUT2D eigenvalue weighted by molar-refractivity contribution is 5.95.